The number of rotatable bonds is 7. The maximum absolute atomic E-state index is 13.1. The number of benzene rings is 1. The van der Waals surface area contributed by atoms with Crippen LogP contribution >= 0.6 is 0 Å². The highest BCUT2D eigenvalue weighted by atomic mass is 16.7. The van der Waals surface area contributed by atoms with Crippen LogP contribution in [-0.2, 0) is 33.3 Å². The van der Waals surface area contributed by atoms with Crippen LogP contribution in [0.3, 0.4) is 0 Å². The van der Waals surface area contributed by atoms with E-state index in [4.69, 9.17) is 18.9 Å². The zero-order valence-electron chi connectivity index (χ0n) is 20.2. The topological polar surface area (TPSA) is 201 Å². The van der Waals surface area contributed by atoms with Gasteiger partial charge in [0.15, 0.2) is 18.5 Å². The number of Topliss-reactive ketones (excluding diaryl/α,β-unsaturated/α-hetero) is 1. The van der Waals surface area contributed by atoms with Gasteiger partial charge in [-0.3, -0.25) is 34.3 Å². The highest BCUT2D eigenvalue weighted by Crippen LogP contribution is 2.38. The Kier molecular flexibility index (Phi) is 8.03. The van der Waals surface area contributed by atoms with Gasteiger partial charge in [-0.2, -0.15) is 0 Å². The zero-order chi connectivity index (χ0) is 27.6. The third-order valence-corrected chi connectivity index (χ3v) is 5.58. The number of nitro benzene ring substituents is 1. The fourth-order valence-electron chi connectivity index (χ4n) is 4.16. The molecule has 0 bridgehead atoms. The second-order valence-electron chi connectivity index (χ2n) is 8.23. The Balaban J connectivity index is 2.04. The molecular formula is C23H24N2O12. The van der Waals surface area contributed by atoms with E-state index in [2.05, 4.69) is 4.99 Å². The number of nitro groups is 1. The Bertz CT molecular complexity index is 1220. The van der Waals surface area contributed by atoms with E-state index in [1.165, 1.54) is 19.1 Å². The van der Waals surface area contributed by atoms with Crippen LogP contribution in [0.4, 0.5) is 5.69 Å². The molecule has 0 saturated carbocycles. The van der Waals surface area contributed by atoms with E-state index in [1.54, 1.807) is 0 Å². The summed E-state index contributed by atoms with van der Waals surface area (Å²) in [6.07, 6.45) is -5.89. The first kappa shape index (κ1) is 27.4. The molecule has 1 heterocycles. The molecule has 0 amide bonds. The number of allylic oxidation sites excluding steroid dienone is 1. The molecule has 14 nitrogen and oxygen atoms in total. The Morgan fingerprint density at radius 3 is 2.27 bits per heavy atom. The minimum absolute atomic E-state index is 0.0695. The Morgan fingerprint density at radius 1 is 1.08 bits per heavy atom. The van der Waals surface area contributed by atoms with Crippen molar-refractivity contribution in [2.45, 2.75) is 58.3 Å². The summed E-state index contributed by atoms with van der Waals surface area (Å²) in [5.74, 6) is -3.76. The molecule has 2 aliphatic rings. The standard InChI is InChI=1S/C23H24N2O12/c1-9(16-19(29)13-6-5-7-14(25(32)33)17(13)20(16)30)24-18-22(36-12(4)28)21(35-11(3)27)15(37-23(18)31)8-34-10(2)26/h5-7,15,18,21-23,29,31H,8H2,1-4H3/t15-,18+,21-,22-,23+/m1/s1. The Morgan fingerprint density at radius 2 is 1.70 bits per heavy atom. The van der Waals surface area contributed by atoms with Crippen molar-refractivity contribution in [3.8, 4) is 0 Å². The molecule has 3 rings (SSSR count). The molecular weight excluding hydrogens is 496 g/mol. The molecule has 5 atom stereocenters. The van der Waals surface area contributed by atoms with Crippen molar-refractivity contribution >= 4 is 40.8 Å². The SMILES string of the molecule is CC(=O)OC[C@H]1O[C@H](O)[C@@H](N=C(C)C2=C(O)c3cccc([N+](=O)[O-])c3C2=O)[C@@H](OC(C)=O)[C@@H]1OC(C)=O. The number of hydrogen-bond acceptors (Lipinski definition) is 13. The summed E-state index contributed by atoms with van der Waals surface area (Å²) in [4.78, 5) is 62.9. The monoisotopic (exact) mass is 520 g/mol. The number of aliphatic imine (C=N–C) groups is 1. The highest BCUT2D eigenvalue weighted by molar-refractivity contribution is 6.36. The lowest BCUT2D eigenvalue weighted by molar-refractivity contribution is -0.385. The first-order valence-electron chi connectivity index (χ1n) is 10.9. The minimum atomic E-state index is -1.80. The molecule has 0 unspecified atom stereocenters. The van der Waals surface area contributed by atoms with Crippen LogP contribution in [0.15, 0.2) is 28.8 Å². The smallest absolute Gasteiger partial charge is 0.303 e. The maximum atomic E-state index is 13.1. The second kappa shape index (κ2) is 10.8. The molecule has 0 radical (unpaired) electrons. The Labute approximate surface area is 209 Å². The van der Waals surface area contributed by atoms with Crippen molar-refractivity contribution in [3.63, 3.8) is 0 Å². The second-order valence-corrected chi connectivity index (χ2v) is 8.23. The minimum Gasteiger partial charge on any atom is -0.506 e. The number of aliphatic hydroxyl groups is 2. The van der Waals surface area contributed by atoms with Crippen LogP contribution in [0, 0.1) is 10.1 Å². The van der Waals surface area contributed by atoms with Crippen LogP contribution < -0.4 is 0 Å². The third-order valence-electron chi connectivity index (χ3n) is 5.58. The summed E-state index contributed by atoms with van der Waals surface area (Å²) < 4.78 is 20.9. The summed E-state index contributed by atoms with van der Waals surface area (Å²) in [6.45, 7) is 4.10. The summed E-state index contributed by atoms with van der Waals surface area (Å²) >= 11 is 0. The molecule has 0 aromatic heterocycles. The average Bonchev–Trinajstić information content (AvgIpc) is 3.06. The lowest BCUT2D eigenvalue weighted by Gasteiger charge is -2.42. The van der Waals surface area contributed by atoms with Gasteiger partial charge in [0.25, 0.3) is 5.69 Å². The van der Waals surface area contributed by atoms with Gasteiger partial charge in [-0.1, -0.05) is 6.07 Å². The molecule has 37 heavy (non-hydrogen) atoms. The van der Waals surface area contributed by atoms with Gasteiger partial charge in [0.1, 0.15) is 30.1 Å². The predicted molar refractivity (Wildman–Crippen MR) is 122 cm³/mol. The van der Waals surface area contributed by atoms with Crippen molar-refractivity contribution in [2.24, 2.45) is 4.99 Å². The molecule has 1 aliphatic heterocycles. The van der Waals surface area contributed by atoms with Gasteiger partial charge in [-0.25, -0.2) is 0 Å². The average molecular weight is 520 g/mol. The van der Waals surface area contributed by atoms with Gasteiger partial charge in [0.2, 0.25) is 5.78 Å². The van der Waals surface area contributed by atoms with Crippen molar-refractivity contribution in [2.75, 3.05) is 6.61 Å². The molecule has 1 aromatic carbocycles. The van der Waals surface area contributed by atoms with E-state index in [0.29, 0.717) is 0 Å². The molecule has 1 aromatic rings. The first-order valence-corrected chi connectivity index (χ1v) is 10.9. The first-order chi connectivity index (χ1) is 17.3. The van der Waals surface area contributed by atoms with Crippen molar-refractivity contribution in [1.82, 2.24) is 0 Å². The number of ketones is 1. The van der Waals surface area contributed by atoms with Gasteiger partial charge in [0.05, 0.1) is 10.5 Å². The van der Waals surface area contributed by atoms with Crippen molar-refractivity contribution in [1.29, 1.82) is 0 Å². The zero-order valence-corrected chi connectivity index (χ0v) is 20.2. The third kappa shape index (κ3) is 5.65. The lowest BCUT2D eigenvalue weighted by Crippen LogP contribution is -2.60. The fraction of sp³-hybridized carbons (Fsp3) is 0.435. The van der Waals surface area contributed by atoms with E-state index >= 15 is 0 Å². The van der Waals surface area contributed by atoms with Crippen molar-refractivity contribution in [3.05, 3.63) is 45.0 Å². The number of nitrogens with zero attached hydrogens (tertiary/aromatic N) is 2. The van der Waals surface area contributed by atoms with E-state index in [-0.39, 0.29) is 22.4 Å². The molecule has 1 saturated heterocycles. The van der Waals surface area contributed by atoms with E-state index in [0.717, 1.165) is 26.8 Å². The number of aliphatic hydroxyl groups excluding tert-OH is 2. The molecule has 0 spiro atoms. The Hall–Kier alpha value is -4.17. The van der Waals surface area contributed by atoms with E-state index in [9.17, 15) is 39.5 Å². The van der Waals surface area contributed by atoms with E-state index < -0.39 is 77.3 Å². The van der Waals surface area contributed by atoms with Crippen LogP contribution in [0.5, 0.6) is 0 Å². The van der Waals surface area contributed by atoms with Crippen LogP contribution in [0.2, 0.25) is 0 Å². The molecule has 1 fully saturated rings. The number of ether oxygens (including phenoxy) is 4. The van der Waals surface area contributed by atoms with Crippen LogP contribution in [-0.4, -0.2) is 81.8 Å². The predicted octanol–water partition coefficient (Wildman–Crippen LogP) is 1.03. The number of esters is 3. The maximum Gasteiger partial charge on any atom is 0.303 e. The summed E-state index contributed by atoms with van der Waals surface area (Å²) in [5, 5.41) is 32.8. The fourth-order valence-corrected chi connectivity index (χ4v) is 4.16. The number of hydrogen-bond donors (Lipinski definition) is 2. The number of carbonyl (C=O) groups is 4. The van der Waals surface area contributed by atoms with Gasteiger partial charge in [-0.15, -0.1) is 0 Å². The van der Waals surface area contributed by atoms with Crippen LogP contribution in [0.1, 0.15) is 43.6 Å². The van der Waals surface area contributed by atoms with Crippen LogP contribution in [0.25, 0.3) is 5.76 Å². The molecule has 1 aliphatic carbocycles. The summed E-state index contributed by atoms with van der Waals surface area (Å²) in [7, 11) is 0. The lowest BCUT2D eigenvalue weighted by atomic mass is 9.96. The molecule has 14 heteroatoms. The summed E-state index contributed by atoms with van der Waals surface area (Å²) in [6, 6.07) is 2.26. The van der Waals surface area contributed by atoms with Gasteiger partial charge >= 0.3 is 17.9 Å². The number of fused-ring (bicyclic) bond motifs is 1. The van der Waals surface area contributed by atoms with E-state index in [1.807, 2.05) is 0 Å². The van der Waals surface area contributed by atoms with Gasteiger partial charge in [0, 0.05) is 38.1 Å². The highest BCUT2D eigenvalue weighted by Gasteiger charge is 2.50. The number of carbonyl (C=O) groups excluding carboxylic acids is 4. The molecule has 2 N–H and O–H groups in total. The van der Waals surface area contributed by atoms with Crippen molar-refractivity contribution < 1.29 is 53.3 Å². The summed E-state index contributed by atoms with van der Waals surface area (Å²) in [5.41, 5.74) is -1.45. The largest absolute Gasteiger partial charge is 0.506 e. The quantitative estimate of drug-likeness (QED) is 0.170. The molecule has 198 valence electrons. The van der Waals surface area contributed by atoms with Gasteiger partial charge in [-0.05, 0) is 13.0 Å². The normalized spacial score (nSPS) is 25.4. The van der Waals surface area contributed by atoms with Gasteiger partial charge < -0.3 is 29.2 Å².